The van der Waals surface area contributed by atoms with Gasteiger partial charge in [0, 0.05) is 18.5 Å². The van der Waals surface area contributed by atoms with E-state index < -0.39 is 0 Å². The Kier molecular flexibility index (Phi) is 3.14. The number of nitrogens with zero attached hydrogens (tertiary/aromatic N) is 1. The van der Waals surface area contributed by atoms with Gasteiger partial charge in [-0.1, -0.05) is 0 Å². The predicted octanol–water partition coefficient (Wildman–Crippen LogP) is 1.05. The molecular formula is C13H14N2O3. The zero-order valence-corrected chi connectivity index (χ0v) is 10.1. The molecule has 1 heterocycles. The summed E-state index contributed by atoms with van der Waals surface area (Å²) < 4.78 is 0. The maximum absolute atomic E-state index is 11.9. The van der Waals surface area contributed by atoms with E-state index in [-0.39, 0.29) is 36.9 Å². The van der Waals surface area contributed by atoms with Gasteiger partial charge >= 0.3 is 0 Å². The van der Waals surface area contributed by atoms with Gasteiger partial charge in [-0.25, -0.2) is 4.90 Å². The largest absolute Gasteiger partial charge is 0.399 e. The van der Waals surface area contributed by atoms with Crippen molar-refractivity contribution >= 4 is 29.0 Å². The van der Waals surface area contributed by atoms with Crippen LogP contribution in [-0.2, 0) is 20.8 Å². The fourth-order valence-corrected chi connectivity index (χ4v) is 2.01. The average molecular weight is 246 g/mol. The Morgan fingerprint density at radius 2 is 2.06 bits per heavy atom. The molecule has 5 heteroatoms. The first kappa shape index (κ1) is 12.3. The molecule has 0 spiro atoms. The number of nitrogens with two attached hydrogens (primary N) is 1. The second kappa shape index (κ2) is 4.60. The van der Waals surface area contributed by atoms with Crippen LogP contribution in [0.15, 0.2) is 18.2 Å². The molecule has 0 saturated carbocycles. The van der Waals surface area contributed by atoms with Gasteiger partial charge in [0.1, 0.15) is 5.78 Å². The van der Waals surface area contributed by atoms with Crippen molar-refractivity contribution in [1.29, 1.82) is 0 Å². The van der Waals surface area contributed by atoms with Crippen molar-refractivity contribution < 1.29 is 14.4 Å². The molecule has 0 fully saturated rings. The average Bonchev–Trinajstić information content (AvgIpc) is 2.61. The molecule has 2 N–H and O–H groups in total. The van der Waals surface area contributed by atoms with E-state index >= 15 is 0 Å². The van der Waals surface area contributed by atoms with Crippen LogP contribution in [0.3, 0.4) is 0 Å². The minimum absolute atomic E-state index is 0.0604. The number of Topliss-reactive ketones (excluding diaryl/α,β-unsaturated/α-hetero) is 1. The third-order valence-corrected chi connectivity index (χ3v) is 2.88. The smallest absolute Gasteiger partial charge is 0.238 e. The van der Waals surface area contributed by atoms with Crippen LogP contribution in [0, 0.1) is 0 Å². The topological polar surface area (TPSA) is 80.5 Å². The lowest BCUT2D eigenvalue weighted by Crippen LogP contribution is -2.33. The number of anilines is 2. The second-order valence-electron chi connectivity index (χ2n) is 4.39. The van der Waals surface area contributed by atoms with Crippen LogP contribution in [0.1, 0.15) is 25.3 Å². The molecule has 0 unspecified atom stereocenters. The van der Waals surface area contributed by atoms with E-state index in [1.54, 1.807) is 18.2 Å². The summed E-state index contributed by atoms with van der Waals surface area (Å²) in [6.45, 7) is 1.42. The third-order valence-electron chi connectivity index (χ3n) is 2.88. The molecule has 0 bridgehead atoms. The van der Waals surface area contributed by atoms with Gasteiger partial charge < -0.3 is 10.5 Å². The minimum atomic E-state index is -0.335. The first-order valence-corrected chi connectivity index (χ1v) is 5.72. The van der Waals surface area contributed by atoms with E-state index in [9.17, 15) is 14.4 Å². The van der Waals surface area contributed by atoms with Crippen LogP contribution in [0.25, 0.3) is 0 Å². The van der Waals surface area contributed by atoms with Crippen molar-refractivity contribution in [3.05, 3.63) is 23.8 Å². The van der Waals surface area contributed by atoms with Crippen molar-refractivity contribution in [3.8, 4) is 0 Å². The lowest BCUT2D eigenvalue weighted by atomic mass is 10.1. The van der Waals surface area contributed by atoms with Crippen molar-refractivity contribution in [2.75, 3.05) is 10.6 Å². The lowest BCUT2D eigenvalue weighted by molar-refractivity contribution is -0.127. The molecule has 2 amide bonds. The van der Waals surface area contributed by atoms with Crippen molar-refractivity contribution in [3.63, 3.8) is 0 Å². The van der Waals surface area contributed by atoms with E-state index in [4.69, 9.17) is 5.73 Å². The number of fused-ring (bicyclic) bond motifs is 1. The molecule has 0 aromatic heterocycles. The Morgan fingerprint density at radius 1 is 1.33 bits per heavy atom. The normalized spacial score (nSPS) is 13.6. The Balaban J connectivity index is 2.22. The Bertz CT molecular complexity index is 537. The van der Waals surface area contributed by atoms with Gasteiger partial charge in [-0.05, 0) is 30.7 Å². The van der Waals surface area contributed by atoms with Crippen LogP contribution in [0.5, 0.6) is 0 Å². The molecule has 0 saturated heterocycles. The van der Waals surface area contributed by atoms with Gasteiger partial charge in [0.2, 0.25) is 11.8 Å². The number of benzene rings is 1. The van der Waals surface area contributed by atoms with Gasteiger partial charge in [0.25, 0.3) is 0 Å². The number of rotatable bonds is 3. The SMILES string of the molecule is CC(=O)CCC(=O)N1C(=O)Cc2cc(N)ccc21. The molecule has 1 aliphatic heterocycles. The van der Waals surface area contributed by atoms with E-state index in [1.165, 1.54) is 6.92 Å². The molecule has 1 aromatic carbocycles. The van der Waals surface area contributed by atoms with Gasteiger partial charge in [0.15, 0.2) is 0 Å². The van der Waals surface area contributed by atoms with Gasteiger partial charge in [0.05, 0.1) is 12.1 Å². The van der Waals surface area contributed by atoms with Crippen molar-refractivity contribution in [1.82, 2.24) is 0 Å². The van der Waals surface area contributed by atoms with E-state index in [0.29, 0.717) is 11.4 Å². The first-order chi connectivity index (χ1) is 8.49. The maximum Gasteiger partial charge on any atom is 0.238 e. The summed E-state index contributed by atoms with van der Waals surface area (Å²) >= 11 is 0. The summed E-state index contributed by atoms with van der Waals surface area (Å²) in [5.74, 6) is -0.657. The van der Waals surface area contributed by atoms with Crippen LogP contribution in [0.2, 0.25) is 0 Å². The first-order valence-electron chi connectivity index (χ1n) is 5.72. The number of hydrogen-bond donors (Lipinski definition) is 1. The molecule has 1 aromatic rings. The van der Waals surface area contributed by atoms with Gasteiger partial charge in [-0.15, -0.1) is 0 Å². The summed E-state index contributed by atoms with van der Waals surface area (Å²) in [5.41, 5.74) is 7.55. The Morgan fingerprint density at radius 3 is 2.72 bits per heavy atom. The lowest BCUT2D eigenvalue weighted by Gasteiger charge is -2.15. The maximum atomic E-state index is 11.9. The van der Waals surface area contributed by atoms with Crippen LogP contribution >= 0.6 is 0 Å². The highest BCUT2D eigenvalue weighted by atomic mass is 16.2. The molecule has 0 aliphatic carbocycles. The highest BCUT2D eigenvalue weighted by Crippen LogP contribution is 2.31. The molecule has 18 heavy (non-hydrogen) atoms. The fourth-order valence-electron chi connectivity index (χ4n) is 2.01. The molecule has 94 valence electrons. The number of ketones is 1. The molecule has 1 aliphatic rings. The van der Waals surface area contributed by atoms with Crippen molar-refractivity contribution in [2.45, 2.75) is 26.2 Å². The Labute approximate surface area is 105 Å². The zero-order chi connectivity index (χ0) is 13.3. The highest BCUT2D eigenvalue weighted by molar-refractivity contribution is 6.19. The van der Waals surface area contributed by atoms with E-state index in [2.05, 4.69) is 0 Å². The van der Waals surface area contributed by atoms with Gasteiger partial charge in [-0.2, -0.15) is 0 Å². The summed E-state index contributed by atoms with van der Waals surface area (Å²) in [4.78, 5) is 35.8. The highest BCUT2D eigenvalue weighted by Gasteiger charge is 2.31. The number of amides is 2. The quantitative estimate of drug-likeness (QED) is 0.808. The summed E-state index contributed by atoms with van der Waals surface area (Å²) in [5, 5.41) is 0. The summed E-state index contributed by atoms with van der Waals surface area (Å²) in [6.07, 6.45) is 0.407. The standard InChI is InChI=1S/C13H14N2O3/c1-8(16)2-5-12(17)15-11-4-3-10(14)6-9(11)7-13(15)18/h3-4,6H,2,5,7,14H2,1H3. The Hall–Kier alpha value is -2.17. The van der Waals surface area contributed by atoms with Crippen LogP contribution < -0.4 is 10.6 Å². The third kappa shape index (κ3) is 2.25. The number of carbonyl (C=O) groups excluding carboxylic acids is 3. The molecule has 5 nitrogen and oxygen atoms in total. The predicted molar refractivity (Wildman–Crippen MR) is 67.0 cm³/mol. The van der Waals surface area contributed by atoms with E-state index in [0.717, 1.165) is 10.5 Å². The van der Waals surface area contributed by atoms with Gasteiger partial charge in [-0.3, -0.25) is 9.59 Å². The van der Waals surface area contributed by atoms with E-state index in [1.807, 2.05) is 0 Å². The number of imide groups is 1. The summed E-state index contributed by atoms with van der Waals surface area (Å²) in [7, 11) is 0. The van der Waals surface area contributed by atoms with Crippen LogP contribution in [-0.4, -0.2) is 17.6 Å². The zero-order valence-electron chi connectivity index (χ0n) is 10.1. The van der Waals surface area contributed by atoms with Crippen LogP contribution in [0.4, 0.5) is 11.4 Å². The molecule has 0 atom stereocenters. The number of nitrogen functional groups attached to an aromatic ring is 1. The van der Waals surface area contributed by atoms with Crippen molar-refractivity contribution in [2.24, 2.45) is 0 Å². The molecule has 2 rings (SSSR count). The number of hydrogen-bond acceptors (Lipinski definition) is 4. The second-order valence-corrected chi connectivity index (χ2v) is 4.39. The minimum Gasteiger partial charge on any atom is -0.399 e. The molecular weight excluding hydrogens is 232 g/mol. The monoisotopic (exact) mass is 246 g/mol. The summed E-state index contributed by atoms with van der Waals surface area (Å²) in [6, 6.07) is 5.02. The fraction of sp³-hybridized carbons (Fsp3) is 0.308. The number of carbonyl (C=O) groups is 3. The molecule has 0 radical (unpaired) electrons.